The van der Waals surface area contributed by atoms with E-state index in [1.165, 1.54) is 0 Å². The molecule has 1 atom stereocenters. The minimum Gasteiger partial charge on any atom is -0.504 e. The smallest absolute Gasteiger partial charge is 0.303 e. The van der Waals surface area contributed by atoms with E-state index in [4.69, 9.17) is 5.11 Å². The first-order chi connectivity index (χ1) is 8.00. The van der Waals surface area contributed by atoms with Crippen molar-refractivity contribution < 1.29 is 20.1 Å². The summed E-state index contributed by atoms with van der Waals surface area (Å²) in [4.78, 5) is 10.8. The van der Waals surface area contributed by atoms with Crippen LogP contribution in [0.15, 0.2) is 16.6 Å². The van der Waals surface area contributed by atoms with Crippen molar-refractivity contribution in [3.05, 3.63) is 22.2 Å². The van der Waals surface area contributed by atoms with Gasteiger partial charge in [0, 0.05) is 11.5 Å². The number of aromatic hydroxyl groups is 2. The number of carboxylic acids is 1. The topological polar surface area (TPSA) is 77.8 Å². The third kappa shape index (κ3) is 2.54. The van der Waals surface area contributed by atoms with Crippen molar-refractivity contribution in [2.24, 2.45) is 5.92 Å². The third-order valence-corrected chi connectivity index (χ3v) is 3.76. The lowest BCUT2D eigenvalue weighted by Crippen LogP contribution is -2.08. The zero-order chi connectivity index (χ0) is 12.6. The molecule has 5 heteroatoms. The summed E-state index contributed by atoms with van der Waals surface area (Å²) in [5.74, 6) is -1.23. The molecule has 1 fully saturated rings. The van der Waals surface area contributed by atoms with Crippen molar-refractivity contribution in [2.75, 3.05) is 0 Å². The van der Waals surface area contributed by atoms with Gasteiger partial charge in [-0.1, -0.05) is 6.07 Å². The summed E-state index contributed by atoms with van der Waals surface area (Å²) in [6.45, 7) is 0. The Bertz CT molecular complexity index is 454. The van der Waals surface area contributed by atoms with Crippen molar-refractivity contribution in [1.29, 1.82) is 0 Å². The minimum absolute atomic E-state index is 0.0146. The predicted molar refractivity (Wildman–Crippen MR) is 65.2 cm³/mol. The molecule has 0 saturated heterocycles. The maximum absolute atomic E-state index is 10.8. The van der Waals surface area contributed by atoms with Gasteiger partial charge in [-0.25, -0.2) is 0 Å². The van der Waals surface area contributed by atoms with Crippen LogP contribution >= 0.6 is 15.9 Å². The Labute approximate surface area is 107 Å². The minimum atomic E-state index is -0.885. The number of hydrogen-bond acceptors (Lipinski definition) is 3. The lowest BCUT2D eigenvalue weighted by atomic mass is 9.90. The average molecular weight is 301 g/mol. The Balaban J connectivity index is 2.35. The molecule has 1 aliphatic carbocycles. The van der Waals surface area contributed by atoms with Crippen molar-refractivity contribution >= 4 is 21.9 Å². The normalized spacial score (nSPS) is 16.8. The number of rotatable bonds is 4. The van der Waals surface area contributed by atoms with Gasteiger partial charge in [-0.15, -0.1) is 0 Å². The second-order valence-electron chi connectivity index (χ2n) is 4.38. The molecule has 0 aromatic heterocycles. The van der Waals surface area contributed by atoms with Gasteiger partial charge in [0.2, 0.25) is 0 Å². The maximum atomic E-state index is 10.8. The molecule has 3 N–H and O–H groups in total. The van der Waals surface area contributed by atoms with E-state index in [1.54, 1.807) is 12.1 Å². The number of halogens is 1. The van der Waals surface area contributed by atoms with Gasteiger partial charge in [-0.05, 0) is 40.8 Å². The molecule has 0 radical (unpaired) electrons. The second kappa shape index (κ2) is 4.56. The quantitative estimate of drug-likeness (QED) is 0.747. The lowest BCUT2D eigenvalue weighted by molar-refractivity contribution is -0.137. The van der Waals surface area contributed by atoms with E-state index in [2.05, 4.69) is 15.9 Å². The van der Waals surface area contributed by atoms with E-state index in [0.717, 1.165) is 12.8 Å². The number of hydrogen-bond donors (Lipinski definition) is 3. The molecule has 0 aliphatic heterocycles. The van der Waals surface area contributed by atoms with Crippen LogP contribution in [0.5, 0.6) is 11.5 Å². The fraction of sp³-hybridized carbons (Fsp3) is 0.417. The summed E-state index contributed by atoms with van der Waals surface area (Å²) in [5.41, 5.74) is 0.524. The fourth-order valence-electron chi connectivity index (χ4n) is 2.09. The van der Waals surface area contributed by atoms with E-state index >= 15 is 0 Å². The lowest BCUT2D eigenvalue weighted by Gasteiger charge is -2.17. The fourth-order valence-corrected chi connectivity index (χ4v) is 2.41. The van der Waals surface area contributed by atoms with Crippen LogP contribution in [0.1, 0.15) is 30.7 Å². The summed E-state index contributed by atoms with van der Waals surface area (Å²) in [6.07, 6.45) is 1.95. The SMILES string of the molecule is O=C(O)CC(c1ccc(Br)c(O)c1O)C1CC1. The maximum Gasteiger partial charge on any atom is 0.303 e. The van der Waals surface area contributed by atoms with Gasteiger partial charge >= 0.3 is 5.97 Å². The molecule has 17 heavy (non-hydrogen) atoms. The highest BCUT2D eigenvalue weighted by molar-refractivity contribution is 9.10. The Morgan fingerprint density at radius 3 is 2.53 bits per heavy atom. The summed E-state index contributed by atoms with van der Waals surface area (Å²) >= 11 is 3.11. The van der Waals surface area contributed by atoms with Gasteiger partial charge < -0.3 is 15.3 Å². The summed E-state index contributed by atoms with van der Waals surface area (Å²) in [7, 11) is 0. The standard InChI is InChI=1S/C12H13BrO4/c13-9-4-3-7(11(16)12(9)17)8(5-10(14)15)6-1-2-6/h3-4,6,8,16-17H,1-2,5H2,(H,14,15). The van der Waals surface area contributed by atoms with Crippen molar-refractivity contribution in [1.82, 2.24) is 0 Å². The van der Waals surface area contributed by atoms with Crippen molar-refractivity contribution in [3.8, 4) is 11.5 Å². The first-order valence-corrected chi connectivity index (χ1v) is 6.22. The number of aliphatic carboxylic acids is 1. The molecule has 0 spiro atoms. The van der Waals surface area contributed by atoms with E-state index in [1.807, 2.05) is 0 Å². The van der Waals surface area contributed by atoms with Crippen LogP contribution in [-0.4, -0.2) is 21.3 Å². The first-order valence-electron chi connectivity index (χ1n) is 5.42. The van der Waals surface area contributed by atoms with Crippen LogP contribution in [-0.2, 0) is 4.79 Å². The van der Waals surface area contributed by atoms with Crippen LogP contribution in [0.25, 0.3) is 0 Å². The number of carboxylic acid groups (broad SMARTS) is 1. The van der Waals surface area contributed by atoms with Gasteiger partial charge in [-0.3, -0.25) is 4.79 Å². The van der Waals surface area contributed by atoms with Crippen LogP contribution in [0.4, 0.5) is 0 Å². The third-order valence-electron chi connectivity index (χ3n) is 3.12. The highest BCUT2D eigenvalue weighted by Gasteiger charge is 2.35. The molecule has 1 saturated carbocycles. The molecule has 92 valence electrons. The largest absolute Gasteiger partial charge is 0.504 e. The number of phenols is 2. The van der Waals surface area contributed by atoms with Crippen LogP contribution in [0.2, 0.25) is 0 Å². The Kier molecular flexibility index (Phi) is 3.28. The monoisotopic (exact) mass is 300 g/mol. The zero-order valence-corrected chi connectivity index (χ0v) is 10.6. The van der Waals surface area contributed by atoms with Gasteiger partial charge in [-0.2, -0.15) is 0 Å². The molecule has 1 unspecified atom stereocenters. The number of carbonyl (C=O) groups is 1. The molecule has 0 amide bonds. The molecule has 1 aromatic rings. The molecule has 4 nitrogen and oxygen atoms in total. The van der Waals surface area contributed by atoms with Gasteiger partial charge in [0.05, 0.1) is 10.9 Å². The highest BCUT2D eigenvalue weighted by Crippen LogP contribution is 2.49. The number of phenolic OH excluding ortho intramolecular Hbond substituents is 2. The Morgan fingerprint density at radius 1 is 1.35 bits per heavy atom. The summed E-state index contributed by atoms with van der Waals surface area (Å²) in [6, 6.07) is 3.30. The van der Waals surface area contributed by atoms with E-state index in [9.17, 15) is 15.0 Å². The summed E-state index contributed by atoms with van der Waals surface area (Å²) < 4.78 is 0.406. The molecular formula is C12H13BrO4. The first kappa shape index (κ1) is 12.2. The average Bonchev–Trinajstić information content (AvgIpc) is 3.07. The second-order valence-corrected chi connectivity index (χ2v) is 5.23. The Morgan fingerprint density at radius 2 is 2.00 bits per heavy atom. The van der Waals surface area contributed by atoms with E-state index < -0.39 is 5.97 Å². The van der Waals surface area contributed by atoms with Crippen LogP contribution < -0.4 is 0 Å². The molecule has 0 bridgehead atoms. The molecule has 1 aromatic carbocycles. The predicted octanol–water partition coefficient (Wildman–Crippen LogP) is 2.83. The van der Waals surface area contributed by atoms with E-state index in [-0.39, 0.29) is 23.8 Å². The van der Waals surface area contributed by atoms with Crippen molar-refractivity contribution in [2.45, 2.75) is 25.2 Å². The van der Waals surface area contributed by atoms with Gasteiger partial charge in [0.25, 0.3) is 0 Å². The number of benzene rings is 1. The van der Waals surface area contributed by atoms with E-state index in [0.29, 0.717) is 16.0 Å². The zero-order valence-electron chi connectivity index (χ0n) is 9.06. The molecule has 0 heterocycles. The highest BCUT2D eigenvalue weighted by atomic mass is 79.9. The van der Waals surface area contributed by atoms with Gasteiger partial charge in [0.15, 0.2) is 11.5 Å². The van der Waals surface area contributed by atoms with Crippen molar-refractivity contribution in [3.63, 3.8) is 0 Å². The van der Waals surface area contributed by atoms with Crippen LogP contribution in [0.3, 0.4) is 0 Å². The van der Waals surface area contributed by atoms with Gasteiger partial charge in [0.1, 0.15) is 0 Å². The summed E-state index contributed by atoms with van der Waals surface area (Å²) in [5, 5.41) is 28.4. The Hall–Kier alpha value is -1.23. The molecule has 2 rings (SSSR count). The molecular weight excluding hydrogens is 288 g/mol. The molecule has 1 aliphatic rings. The van der Waals surface area contributed by atoms with Crippen LogP contribution in [0, 0.1) is 5.92 Å².